The maximum absolute atomic E-state index is 12.4. The first-order valence-electron chi connectivity index (χ1n) is 10.3. The first-order chi connectivity index (χ1) is 12.7. The van der Waals surface area contributed by atoms with Gasteiger partial charge in [-0.25, -0.2) is 0 Å². The molecular formula is C19H36IN5O2. The summed E-state index contributed by atoms with van der Waals surface area (Å²) in [5.74, 6) is 2.00. The fourth-order valence-corrected chi connectivity index (χ4v) is 4.06. The van der Waals surface area contributed by atoms with Gasteiger partial charge in [0.25, 0.3) is 5.91 Å². The van der Waals surface area contributed by atoms with E-state index in [0.717, 1.165) is 70.6 Å². The number of piperazine rings is 1. The molecule has 1 amide bonds. The maximum atomic E-state index is 12.4. The number of hydrogen-bond donors (Lipinski definition) is 1. The Kier molecular flexibility index (Phi) is 9.58. The number of piperidine rings is 1. The molecule has 27 heavy (non-hydrogen) atoms. The number of likely N-dealkylation sites (tertiary alicyclic amines) is 1. The topological polar surface area (TPSA) is 60.4 Å². The Bertz CT molecular complexity index is 482. The second kappa shape index (κ2) is 11.4. The number of aliphatic imine (C=N–C) groups is 1. The molecule has 3 aliphatic rings. The molecule has 8 heteroatoms. The maximum Gasteiger partial charge on any atom is 0.251 e. The van der Waals surface area contributed by atoms with E-state index in [9.17, 15) is 4.79 Å². The van der Waals surface area contributed by atoms with Crippen LogP contribution in [0.4, 0.5) is 0 Å². The Balaban J connectivity index is 0.00000261. The van der Waals surface area contributed by atoms with Crippen LogP contribution in [-0.4, -0.2) is 98.7 Å². The molecule has 0 aliphatic carbocycles. The number of ether oxygens (including phenoxy) is 1. The average Bonchev–Trinajstić information content (AvgIpc) is 3.21. The van der Waals surface area contributed by atoms with E-state index in [1.807, 2.05) is 11.9 Å². The van der Waals surface area contributed by atoms with Crippen LogP contribution in [0.25, 0.3) is 0 Å². The number of rotatable bonds is 4. The van der Waals surface area contributed by atoms with E-state index in [-0.39, 0.29) is 36.0 Å². The third-order valence-electron chi connectivity index (χ3n) is 5.90. The number of halogens is 1. The molecule has 0 bridgehead atoms. The molecule has 1 atom stereocenters. The summed E-state index contributed by atoms with van der Waals surface area (Å²) in [6, 6.07) is 0. The Morgan fingerprint density at radius 1 is 1.07 bits per heavy atom. The number of hydrogen-bond acceptors (Lipinski definition) is 4. The lowest BCUT2D eigenvalue weighted by molar-refractivity contribution is -0.142. The van der Waals surface area contributed by atoms with E-state index in [1.54, 1.807) is 0 Å². The molecule has 3 heterocycles. The van der Waals surface area contributed by atoms with Crippen molar-refractivity contribution in [2.24, 2.45) is 10.9 Å². The highest BCUT2D eigenvalue weighted by Gasteiger charge is 2.30. The van der Waals surface area contributed by atoms with Crippen molar-refractivity contribution in [3.05, 3.63) is 0 Å². The van der Waals surface area contributed by atoms with Crippen molar-refractivity contribution < 1.29 is 9.53 Å². The zero-order valence-corrected chi connectivity index (χ0v) is 19.2. The third-order valence-corrected chi connectivity index (χ3v) is 5.90. The standard InChI is InChI=1S/C19H35N5O2.HI/c1-16-5-8-22(9-6-16)10-7-21-19(20-2)24-13-11-23(12-14-24)18(25)17-4-3-15-26-17;/h16-17H,3-15H2,1-2H3,(H,20,21);1H. The smallest absolute Gasteiger partial charge is 0.251 e. The lowest BCUT2D eigenvalue weighted by Crippen LogP contribution is -2.55. The van der Waals surface area contributed by atoms with E-state index < -0.39 is 0 Å². The largest absolute Gasteiger partial charge is 0.368 e. The zero-order chi connectivity index (χ0) is 18.4. The van der Waals surface area contributed by atoms with Crippen LogP contribution in [0.5, 0.6) is 0 Å². The van der Waals surface area contributed by atoms with Crippen molar-refractivity contribution >= 4 is 35.8 Å². The van der Waals surface area contributed by atoms with Crippen LogP contribution in [0.2, 0.25) is 0 Å². The first kappa shape index (κ1) is 22.7. The summed E-state index contributed by atoms with van der Waals surface area (Å²) in [5.41, 5.74) is 0. The molecule has 7 nitrogen and oxygen atoms in total. The van der Waals surface area contributed by atoms with Crippen molar-refractivity contribution in [2.75, 3.05) is 66.0 Å². The van der Waals surface area contributed by atoms with Gasteiger partial charge in [0, 0.05) is 52.9 Å². The van der Waals surface area contributed by atoms with E-state index in [2.05, 4.69) is 27.0 Å². The number of nitrogens with one attached hydrogen (secondary N) is 1. The van der Waals surface area contributed by atoms with Gasteiger partial charge in [-0.1, -0.05) is 6.92 Å². The molecule has 156 valence electrons. The Morgan fingerprint density at radius 3 is 2.33 bits per heavy atom. The molecular weight excluding hydrogens is 457 g/mol. The second-order valence-corrected chi connectivity index (χ2v) is 7.81. The highest BCUT2D eigenvalue weighted by atomic mass is 127. The van der Waals surface area contributed by atoms with E-state index >= 15 is 0 Å². The number of carbonyl (C=O) groups excluding carboxylic acids is 1. The van der Waals surface area contributed by atoms with Gasteiger partial charge in [0.1, 0.15) is 6.10 Å². The Morgan fingerprint density at radius 2 is 1.74 bits per heavy atom. The minimum Gasteiger partial charge on any atom is -0.368 e. The van der Waals surface area contributed by atoms with Crippen LogP contribution >= 0.6 is 24.0 Å². The van der Waals surface area contributed by atoms with Crippen molar-refractivity contribution in [1.82, 2.24) is 20.0 Å². The summed E-state index contributed by atoms with van der Waals surface area (Å²) in [6.07, 6.45) is 4.30. The summed E-state index contributed by atoms with van der Waals surface area (Å²) in [6.45, 7) is 10.7. The van der Waals surface area contributed by atoms with Crippen molar-refractivity contribution in [2.45, 2.75) is 38.7 Å². The van der Waals surface area contributed by atoms with Crippen LogP contribution in [0.1, 0.15) is 32.6 Å². The van der Waals surface area contributed by atoms with Crippen LogP contribution < -0.4 is 5.32 Å². The number of nitrogens with zero attached hydrogens (tertiary/aromatic N) is 4. The zero-order valence-electron chi connectivity index (χ0n) is 16.9. The second-order valence-electron chi connectivity index (χ2n) is 7.81. The summed E-state index contributed by atoms with van der Waals surface area (Å²) in [5, 5.41) is 3.50. The fraction of sp³-hybridized carbons (Fsp3) is 0.895. The number of carbonyl (C=O) groups is 1. The van der Waals surface area contributed by atoms with Gasteiger partial charge >= 0.3 is 0 Å². The molecule has 3 rings (SSSR count). The average molecular weight is 493 g/mol. The lowest BCUT2D eigenvalue weighted by atomic mass is 9.99. The Hall–Kier alpha value is -0.610. The molecule has 0 aromatic carbocycles. The fourth-order valence-electron chi connectivity index (χ4n) is 4.06. The monoisotopic (exact) mass is 493 g/mol. The van der Waals surface area contributed by atoms with Crippen molar-refractivity contribution in [3.8, 4) is 0 Å². The predicted octanol–water partition coefficient (Wildman–Crippen LogP) is 1.23. The number of amides is 1. The molecule has 0 radical (unpaired) electrons. The molecule has 0 saturated carbocycles. The van der Waals surface area contributed by atoms with Gasteiger partial charge < -0.3 is 24.8 Å². The first-order valence-corrected chi connectivity index (χ1v) is 10.3. The molecule has 0 spiro atoms. The highest BCUT2D eigenvalue weighted by molar-refractivity contribution is 14.0. The predicted molar refractivity (Wildman–Crippen MR) is 119 cm³/mol. The van der Waals surface area contributed by atoms with Gasteiger partial charge in [0.2, 0.25) is 0 Å². The molecule has 0 aromatic rings. The molecule has 3 saturated heterocycles. The molecule has 1 N–H and O–H groups in total. The SMILES string of the molecule is CN=C(NCCN1CCC(C)CC1)N1CCN(C(=O)C2CCCO2)CC1.I. The van der Waals surface area contributed by atoms with Gasteiger partial charge in [-0.2, -0.15) is 0 Å². The molecule has 3 fully saturated rings. The molecule has 1 unspecified atom stereocenters. The van der Waals surface area contributed by atoms with E-state index in [1.165, 1.54) is 25.9 Å². The number of guanidine groups is 1. The van der Waals surface area contributed by atoms with Gasteiger partial charge in [-0.15, -0.1) is 24.0 Å². The van der Waals surface area contributed by atoms with Crippen LogP contribution in [0.3, 0.4) is 0 Å². The van der Waals surface area contributed by atoms with E-state index in [0.29, 0.717) is 0 Å². The van der Waals surface area contributed by atoms with Crippen molar-refractivity contribution in [1.29, 1.82) is 0 Å². The Labute approximate surface area is 180 Å². The minimum atomic E-state index is -0.203. The molecule has 3 aliphatic heterocycles. The van der Waals surface area contributed by atoms with Gasteiger partial charge in [-0.3, -0.25) is 9.79 Å². The summed E-state index contributed by atoms with van der Waals surface area (Å²) < 4.78 is 5.54. The van der Waals surface area contributed by atoms with Crippen molar-refractivity contribution in [3.63, 3.8) is 0 Å². The van der Waals surface area contributed by atoms with Gasteiger partial charge in [-0.05, 0) is 44.7 Å². The normalized spacial score (nSPS) is 25.4. The van der Waals surface area contributed by atoms with Crippen LogP contribution in [0.15, 0.2) is 4.99 Å². The lowest BCUT2D eigenvalue weighted by Gasteiger charge is -2.37. The van der Waals surface area contributed by atoms with Crippen LogP contribution in [-0.2, 0) is 9.53 Å². The van der Waals surface area contributed by atoms with Gasteiger partial charge in [0.05, 0.1) is 0 Å². The highest BCUT2D eigenvalue weighted by Crippen LogP contribution is 2.16. The summed E-state index contributed by atoms with van der Waals surface area (Å²) in [4.78, 5) is 23.6. The summed E-state index contributed by atoms with van der Waals surface area (Å²) >= 11 is 0. The third kappa shape index (κ3) is 6.45. The summed E-state index contributed by atoms with van der Waals surface area (Å²) in [7, 11) is 1.84. The van der Waals surface area contributed by atoms with E-state index in [4.69, 9.17) is 4.74 Å². The molecule has 0 aromatic heterocycles. The van der Waals surface area contributed by atoms with Crippen LogP contribution in [0, 0.1) is 5.92 Å². The van der Waals surface area contributed by atoms with Gasteiger partial charge in [0.15, 0.2) is 5.96 Å². The quantitative estimate of drug-likeness (QED) is 0.363. The minimum absolute atomic E-state index is 0.